The van der Waals surface area contributed by atoms with E-state index < -0.39 is 5.79 Å². The highest BCUT2D eigenvalue weighted by Crippen LogP contribution is 2.19. The molecular formula is C14H20N4O2. The van der Waals surface area contributed by atoms with Gasteiger partial charge >= 0.3 is 0 Å². The molecule has 0 radical (unpaired) electrons. The van der Waals surface area contributed by atoms with Crippen LogP contribution < -0.4 is 10.6 Å². The van der Waals surface area contributed by atoms with E-state index in [1.165, 1.54) is 0 Å². The maximum atomic E-state index is 10.2. The number of rotatable bonds is 4. The van der Waals surface area contributed by atoms with Crippen LogP contribution in [0, 0.1) is 0 Å². The maximum Gasteiger partial charge on any atom is 0.236 e. The van der Waals surface area contributed by atoms with Crippen LogP contribution in [-0.4, -0.2) is 45.9 Å². The highest BCUT2D eigenvalue weighted by atomic mass is 16.5. The summed E-state index contributed by atoms with van der Waals surface area (Å²) < 4.78 is 0. The minimum Gasteiger partial charge on any atom is -0.359 e. The lowest BCUT2D eigenvalue weighted by Crippen LogP contribution is -2.46. The van der Waals surface area contributed by atoms with Crippen molar-refractivity contribution in [1.82, 2.24) is 20.6 Å². The van der Waals surface area contributed by atoms with Crippen LogP contribution in [0.3, 0.4) is 0 Å². The van der Waals surface area contributed by atoms with Gasteiger partial charge in [0.05, 0.1) is 17.6 Å². The van der Waals surface area contributed by atoms with Crippen LogP contribution in [0.2, 0.25) is 0 Å². The van der Waals surface area contributed by atoms with Gasteiger partial charge in [-0.15, -0.1) is 0 Å². The van der Waals surface area contributed by atoms with Gasteiger partial charge < -0.3 is 25.8 Å². The molecule has 1 aliphatic rings. The molecule has 108 valence electrons. The average molecular weight is 276 g/mol. The Hall–Kier alpha value is -1.47. The van der Waals surface area contributed by atoms with Crippen molar-refractivity contribution in [2.75, 3.05) is 19.6 Å². The van der Waals surface area contributed by atoms with E-state index in [9.17, 15) is 10.2 Å². The summed E-state index contributed by atoms with van der Waals surface area (Å²) in [7, 11) is 0. The monoisotopic (exact) mass is 276 g/mol. The van der Waals surface area contributed by atoms with Crippen LogP contribution in [0.1, 0.15) is 18.7 Å². The van der Waals surface area contributed by atoms with Gasteiger partial charge in [0.2, 0.25) is 5.79 Å². The highest BCUT2D eigenvalue weighted by molar-refractivity contribution is 5.74. The van der Waals surface area contributed by atoms with E-state index in [1.807, 2.05) is 24.3 Å². The molecule has 1 saturated heterocycles. The third kappa shape index (κ3) is 2.83. The molecule has 0 unspecified atom stereocenters. The normalized spacial score (nSPS) is 17.7. The summed E-state index contributed by atoms with van der Waals surface area (Å²) in [5.41, 5.74) is 1.54. The summed E-state index contributed by atoms with van der Waals surface area (Å²) in [6, 6.07) is 7.78. The number of para-hydroxylation sites is 2. The van der Waals surface area contributed by atoms with Crippen LogP contribution in [0.15, 0.2) is 24.3 Å². The number of hydrogen-bond acceptors (Lipinski definition) is 5. The predicted molar refractivity (Wildman–Crippen MR) is 76.1 cm³/mol. The second-order valence-corrected chi connectivity index (χ2v) is 5.32. The molecule has 0 aliphatic carbocycles. The topological polar surface area (TPSA) is 93.2 Å². The van der Waals surface area contributed by atoms with Crippen LogP contribution in [0.5, 0.6) is 0 Å². The van der Waals surface area contributed by atoms with Crippen LogP contribution in [0.25, 0.3) is 11.0 Å². The van der Waals surface area contributed by atoms with Crippen LogP contribution >= 0.6 is 0 Å². The fourth-order valence-electron chi connectivity index (χ4n) is 2.54. The van der Waals surface area contributed by atoms with Crippen molar-refractivity contribution < 1.29 is 10.2 Å². The van der Waals surface area contributed by atoms with Crippen molar-refractivity contribution in [3.05, 3.63) is 30.1 Å². The first-order chi connectivity index (χ1) is 9.65. The molecule has 2 aromatic rings. The molecule has 6 nitrogen and oxygen atoms in total. The van der Waals surface area contributed by atoms with Gasteiger partial charge in [0.15, 0.2) is 5.82 Å². The third-order valence-electron chi connectivity index (χ3n) is 3.75. The third-order valence-corrected chi connectivity index (χ3v) is 3.75. The quantitative estimate of drug-likeness (QED) is 0.509. The van der Waals surface area contributed by atoms with E-state index in [0.29, 0.717) is 6.04 Å². The Kier molecular flexibility index (Phi) is 3.71. The lowest BCUT2D eigenvalue weighted by atomic mass is 10.1. The number of aliphatic hydroxyl groups is 2. The smallest absolute Gasteiger partial charge is 0.236 e. The lowest BCUT2D eigenvalue weighted by molar-refractivity contribution is -0.172. The molecule has 0 amide bonds. The van der Waals surface area contributed by atoms with Gasteiger partial charge in [-0.25, -0.2) is 4.98 Å². The standard InChI is InChI=1S/C14H20N4O2/c19-14(20,9-16-10-5-7-15-8-6-10)13-17-11-3-1-2-4-12(11)18-13/h1-4,10,15-16,19-20H,5-9H2,(H,17,18). The molecule has 0 bridgehead atoms. The molecule has 1 fully saturated rings. The lowest BCUT2D eigenvalue weighted by Gasteiger charge is -2.27. The van der Waals surface area contributed by atoms with Crippen LogP contribution in [-0.2, 0) is 5.79 Å². The number of fused-ring (bicyclic) bond motifs is 1. The molecule has 20 heavy (non-hydrogen) atoms. The number of H-pyrrole nitrogens is 1. The van der Waals surface area contributed by atoms with E-state index >= 15 is 0 Å². The second kappa shape index (κ2) is 5.49. The van der Waals surface area contributed by atoms with E-state index in [-0.39, 0.29) is 12.4 Å². The molecule has 1 aromatic carbocycles. The molecule has 0 saturated carbocycles. The van der Waals surface area contributed by atoms with Crippen molar-refractivity contribution in [3.8, 4) is 0 Å². The van der Waals surface area contributed by atoms with E-state index in [1.54, 1.807) is 0 Å². The predicted octanol–water partition coefficient (Wildman–Crippen LogP) is 0.0419. The number of hydrogen-bond donors (Lipinski definition) is 5. The van der Waals surface area contributed by atoms with Crippen molar-refractivity contribution in [2.45, 2.75) is 24.7 Å². The first-order valence-corrected chi connectivity index (χ1v) is 6.99. The summed E-state index contributed by atoms with van der Waals surface area (Å²) in [4.78, 5) is 7.20. The number of nitrogens with one attached hydrogen (secondary N) is 3. The Labute approximate surface area is 117 Å². The Morgan fingerprint density at radius 3 is 2.75 bits per heavy atom. The SMILES string of the molecule is OC(O)(CNC1CCNCC1)c1nc2ccccc2[nH]1. The van der Waals surface area contributed by atoms with Gasteiger partial charge in [0, 0.05) is 6.04 Å². The number of piperidine rings is 1. The molecular weight excluding hydrogens is 256 g/mol. The maximum absolute atomic E-state index is 10.2. The molecule has 1 aliphatic heterocycles. The fourth-order valence-corrected chi connectivity index (χ4v) is 2.54. The zero-order chi connectivity index (χ0) is 14.0. The Morgan fingerprint density at radius 1 is 1.25 bits per heavy atom. The van der Waals surface area contributed by atoms with Gasteiger partial charge in [0.25, 0.3) is 0 Å². The largest absolute Gasteiger partial charge is 0.359 e. The Bertz CT molecular complexity index is 542. The minimum atomic E-state index is -1.98. The summed E-state index contributed by atoms with van der Waals surface area (Å²) in [5.74, 6) is -1.80. The summed E-state index contributed by atoms with van der Waals surface area (Å²) in [6.45, 7) is 2.00. The number of imidazole rings is 1. The zero-order valence-corrected chi connectivity index (χ0v) is 11.3. The molecule has 0 spiro atoms. The number of benzene rings is 1. The number of nitrogens with zero attached hydrogens (tertiary/aromatic N) is 1. The minimum absolute atomic E-state index is 0.0670. The number of aromatic nitrogens is 2. The first kappa shape index (κ1) is 13.5. The van der Waals surface area contributed by atoms with Gasteiger partial charge in [-0.2, -0.15) is 0 Å². The average Bonchev–Trinajstić information content (AvgIpc) is 2.91. The summed E-state index contributed by atoms with van der Waals surface area (Å²) in [5, 5.41) is 26.9. The van der Waals surface area contributed by atoms with Gasteiger partial charge in [-0.05, 0) is 38.1 Å². The van der Waals surface area contributed by atoms with E-state index in [2.05, 4.69) is 20.6 Å². The molecule has 0 atom stereocenters. The van der Waals surface area contributed by atoms with Gasteiger partial charge in [0.1, 0.15) is 0 Å². The second-order valence-electron chi connectivity index (χ2n) is 5.32. The summed E-state index contributed by atoms with van der Waals surface area (Å²) in [6.07, 6.45) is 1.99. The molecule has 2 heterocycles. The Morgan fingerprint density at radius 2 is 2.00 bits per heavy atom. The van der Waals surface area contributed by atoms with Crippen molar-refractivity contribution in [3.63, 3.8) is 0 Å². The zero-order valence-electron chi connectivity index (χ0n) is 11.3. The number of aromatic amines is 1. The highest BCUT2D eigenvalue weighted by Gasteiger charge is 2.30. The summed E-state index contributed by atoms with van der Waals surface area (Å²) >= 11 is 0. The van der Waals surface area contributed by atoms with Gasteiger partial charge in [-0.1, -0.05) is 12.1 Å². The van der Waals surface area contributed by atoms with Crippen molar-refractivity contribution in [1.29, 1.82) is 0 Å². The Balaban J connectivity index is 1.70. The van der Waals surface area contributed by atoms with Gasteiger partial charge in [-0.3, -0.25) is 0 Å². The van der Waals surface area contributed by atoms with Crippen LogP contribution in [0.4, 0.5) is 0 Å². The molecule has 5 N–H and O–H groups in total. The first-order valence-electron chi connectivity index (χ1n) is 6.99. The fraction of sp³-hybridized carbons (Fsp3) is 0.500. The molecule has 1 aromatic heterocycles. The van der Waals surface area contributed by atoms with E-state index in [0.717, 1.165) is 37.0 Å². The molecule has 3 rings (SSSR count). The van der Waals surface area contributed by atoms with Crippen molar-refractivity contribution >= 4 is 11.0 Å². The van der Waals surface area contributed by atoms with Crippen molar-refractivity contribution in [2.24, 2.45) is 0 Å². The molecule has 6 heteroatoms. The van der Waals surface area contributed by atoms with E-state index in [4.69, 9.17) is 0 Å².